The highest BCUT2D eigenvalue weighted by Gasteiger charge is 2.32. The minimum Gasteiger partial charge on any atom is -0.508 e. The number of phenolic OH excluding ortho intramolecular Hbond substituents is 2. The lowest BCUT2D eigenvalue weighted by molar-refractivity contribution is -0.135. The number of anilines is 1. The molecule has 1 unspecified atom stereocenters. The monoisotopic (exact) mass is 823 g/mol. The minimum atomic E-state index is -0.473. The van der Waals surface area contributed by atoms with Crippen molar-refractivity contribution in [3.63, 3.8) is 0 Å². The zero-order valence-corrected chi connectivity index (χ0v) is 34.8. The average Bonchev–Trinajstić information content (AvgIpc) is 3.74. The second kappa shape index (κ2) is 17.0. The van der Waals surface area contributed by atoms with E-state index in [1.54, 1.807) is 22.9 Å². The van der Waals surface area contributed by atoms with Gasteiger partial charge in [-0.15, -0.1) is 0 Å². The Morgan fingerprint density at radius 1 is 0.820 bits per heavy atom. The largest absolute Gasteiger partial charge is 0.508 e. The molecule has 9 rings (SSSR count). The highest BCUT2D eigenvalue weighted by Crippen LogP contribution is 2.37. The molecule has 0 spiro atoms. The molecule has 4 aromatic carbocycles. The zero-order chi connectivity index (χ0) is 42.2. The van der Waals surface area contributed by atoms with Crippen molar-refractivity contribution in [2.75, 3.05) is 57.3 Å². The quantitative estimate of drug-likeness (QED) is 0.128. The van der Waals surface area contributed by atoms with E-state index in [0.29, 0.717) is 49.8 Å². The molecule has 2 aromatic heterocycles. The number of rotatable bonds is 11. The Labute approximate surface area is 355 Å². The normalized spacial score (nSPS) is 18.0. The van der Waals surface area contributed by atoms with Crippen molar-refractivity contribution >= 4 is 45.2 Å². The summed E-state index contributed by atoms with van der Waals surface area (Å²) in [4.78, 5) is 44.2. The van der Waals surface area contributed by atoms with Gasteiger partial charge < -0.3 is 29.3 Å². The van der Waals surface area contributed by atoms with Gasteiger partial charge >= 0.3 is 0 Å². The molecule has 6 aromatic rings. The Morgan fingerprint density at radius 3 is 2.30 bits per heavy atom. The number of carbonyl (C=O) groups is 3. The first-order valence-corrected chi connectivity index (χ1v) is 21.5. The number of piperazine rings is 1. The SMILES string of the molecule is Cc1c(-c2ccc(O)cc2)n(Cc2ccc(N3CCC(CCN4CCN(C(=O)COc5ccc6c(C7CCC(=O)NC7=O)nn(C)c6c5)CC4)CC3)cc2)c2ccc(O)cc12. The molecule has 0 saturated carbocycles. The van der Waals surface area contributed by atoms with E-state index in [2.05, 4.69) is 56.0 Å². The summed E-state index contributed by atoms with van der Waals surface area (Å²) in [7, 11) is 1.82. The highest BCUT2D eigenvalue weighted by molar-refractivity contribution is 6.02. The zero-order valence-electron chi connectivity index (χ0n) is 34.8. The molecule has 0 bridgehead atoms. The molecule has 3 amide bonds. The average molecular weight is 824 g/mol. The van der Waals surface area contributed by atoms with Crippen molar-refractivity contribution in [2.24, 2.45) is 13.0 Å². The third-order valence-corrected chi connectivity index (χ3v) is 13.1. The number of fused-ring (bicyclic) bond motifs is 2. The maximum absolute atomic E-state index is 13.1. The Hall–Kier alpha value is -6.34. The topological polar surface area (TPSA) is 145 Å². The number of imide groups is 1. The summed E-state index contributed by atoms with van der Waals surface area (Å²) in [6.45, 7) is 8.95. The van der Waals surface area contributed by atoms with Gasteiger partial charge in [0.15, 0.2) is 6.61 Å². The van der Waals surface area contributed by atoms with Gasteiger partial charge in [0, 0.05) is 87.3 Å². The first-order chi connectivity index (χ1) is 29.6. The number of hydrogen-bond donors (Lipinski definition) is 3. The van der Waals surface area contributed by atoms with Crippen LogP contribution < -0.4 is 15.0 Å². The van der Waals surface area contributed by atoms with Crippen LogP contribution in [-0.4, -0.2) is 105 Å². The molecule has 0 radical (unpaired) electrons. The maximum atomic E-state index is 13.1. The van der Waals surface area contributed by atoms with Gasteiger partial charge in [-0.1, -0.05) is 12.1 Å². The second-order valence-electron chi connectivity index (χ2n) is 16.9. The molecule has 61 heavy (non-hydrogen) atoms. The van der Waals surface area contributed by atoms with Gasteiger partial charge in [-0.05, 0) is 128 Å². The number of nitrogens with zero attached hydrogens (tertiary/aromatic N) is 6. The lowest BCUT2D eigenvalue weighted by atomic mass is 9.93. The summed E-state index contributed by atoms with van der Waals surface area (Å²) >= 11 is 0. The molecular weight excluding hydrogens is 771 g/mol. The summed E-state index contributed by atoms with van der Waals surface area (Å²) in [6.07, 6.45) is 4.22. The Morgan fingerprint density at radius 2 is 1.56 bits per heavy atom. The molecule has 1 atom stereocenters. The molecule has 3 aliphatic rings. The van der Waals surface area contributed by atoms with Crippen molar-refractivity contribution in [3.05, 3.63) is 102 Å². The Bertz CT molecular complexity index is 2580. The Kier molecular flexibility index (Phi) is 11.1. The highest BCUT2D eigenvalue weighted by atomic mass is 16.5. The van der Waals surface area contributed by atoms with Crippen LogP contribution in [0.5, 0.6) is 17.2 Å². The van der Waals surface area contributed by atoms with Crippen LogP contribution in [0, 0.1) is 12.8 Å². The third-order valence-electron chi connectivity index (χ3n) is 13.1. The first-order valence-electron chi connectivity index (χ1n) is 21.5. The van der Waals surface area contributed by atoms with Crippen LogP contribution in [0.25, 0.3) is 33.1 Å². The number of aryl methyl sites for hydroxylation is 2. The summed E-state index contributed by atoms with van der Waals surface area (Å²) in [5.74, 6) is 0.670. The second-order valence-corrected chi connectivity index (χ2v) is 16.9. The van der Waals surface area contributed by atoms with Crippen LogP contribution in [0.2, 0.25) is 0 Å². The molecule has 3 N–H and O–H groups in total. The predicted octanol–water partition coefficient (Wildman–Crippen LogP) is 6.31. The smallest absolute Gasteiger partial charge is 0.260 e. The molecule has 13 nitrogen and oxygen atoms in total. The number of nitrogens with one attached hydrogen (secondary N) is 1. The van der Waals surface area contributed by atoms with Crippen LogP contribution in [0.4, 0.5) is 5.69 Å². The van der Waals surface area contributed by atoms with Crippen molar-refractivity contribution in [1.29, 1.82) is 0 Å². The molecule has 3 aliphatic heterocycles. The summed E-state index contributed by atoms with van der Waals surface area (Å²) in [6, 6.07) is 27.3. The molecule has 316 valence electrons. The minimum absolute atomic E-state index is 0.0253. The van der Waals surface area contributed by atoms with Gasteiger partial charge in [0.2, 0.25) is 11.8 Å². The fourth-order valence-electron chi connectivity index (χ4n) is 9.53. The number of piperidine rings is 2. The molecule has 3 fully saturated rings. The number of ether oxygens (including phenoxy) is 1. The number of aromatic hydroxyl groups is 2. The van der Waals surface area contributed by atoms with E-state index in [-0.39, 0.29) is 35.8 Å². The predicted molar refractivity (Wildman–Crippen MR) is 235 cm³/mol. The number of hydrogen-bond acceptors (Lipinski definition) is 9. The van der Waals surface area contributed by atoms with E-state index in [1.165, 1.54) is 11.3 Å². The van der Waals surface area contributed by atoms with Gasteiger partial charge in [0.05, 0.1) is 22.8 Å². The molecular formula is C48H53N7O6. The van der Waals surface area contributed by atoms with E-state index in [9.17, 15) is 24.6 Å². The van der Waals surface area contributed by atoms with Crippen molar-refractivity contribution in [1.82, 2.24) is 29.5 Å². The molecule has 13 heteroatoms. The molecule has 0 aliphatic carbocycles. The summed E-state index contributed by atoms with van der Waals surface area (Å²) in [5.41, 5.74) is 8.16. The van der Waals surface area contributed by atoms with Crippen molar-refractivity contribution < 1.29 is 29.3 Å². The maximum Gasteiger partial charge on any atom is 0.260 e. The van der Waals surface area contributed by atoms with E-state index < -0.39 is 5.92 Å². The van der Waals surface area contributed by atoms with E-state index >= 15 is 0 Å². The van der Waals surface area contributed by atoms with E-state index in [4.69, 9.17) is 4.74 Å². The van der Waals surface area contributed by atoms with Crippen molar-refractivity contribution in [2.45, 2.75) is 51.5 Å². The van der Waals surface area contributed by atoms with Crippen LogP contribution in [-0.2, 0) is 28.0 Å². The van der Waals surface area contributed by atoms with Crippen molar-refractivity contribution in [3.8, 4) is 28.5 Å². The summed E-state index contributed by atoms with van der Waals surface area (Å²) < 4.78 is 9.97. The number of amides is 3. The third kappa shape index (κ3) is 8.39. The molecule has 3 saturated heterocycles. The fourth-order valence-corrected chi connectivity index (χ4v) is 9.53. The van der Waals surface area contributed by atoms with Gasteiger partial charge in [-0.3, -0.25) is 29.3 Å². The fraction of sp³-hybridized carbons (Fsp3) is 0.375. The van der Waals surface area contributed by atoms with Gasteiger partial charge in [0.1, 0.15) is 17.2 Å². The standard InChI is InChI=1S/C48H53N7O6/c1-31-41-27-37(57)11-15-42(41)55(47(31)34-5-9-36(56)10-6-34)29-33-3-7-35(8-4-33)53-21-18-32(19-22-53)17-20-52-23-25-54(26-24-52)45(59)30-61-38-12-13-39-43(28-38)51(2)50-46(39)40-14-16-44(58)49-48(40)60/h3-13,15,27-28,32,40,56-57H,14,16-26,29-30H2,1-2H3,(H,49,58,60). The van der Waals surface area contributed by atoms with E-state index in [1.807, 2.05) is 54.4 Å². The van der Waals surface area contributed by atoms with Crippen LogP contribution in [0.3, 0.4) is 0 Å². The van der Waals surface area contributed by atoms with Crippen LogP contribution >= 0.6 is 0 Å². The van der Waals surface area contributed by atoms with Gasteiger partial charge in [-0.2, -0.15) is 5.10 Å². The Balaban J connectivity index is 0.723. The lowest BCUT2D eigenvalue weighted by Gasteiger charge is -2.37. The number of phenols is 2. The number of carbonyl (C=O) groups excluding carboxylic acids is 3. The number of benzene rings is 4. The van der Waals surface area contributed by atoms with E-state index in [0.717, 1.165) is 90.6 Å². The number of aromatic nitrogens is 3. The van der Waals surface area contributed by atoms with Gasteiger partial charge in [0.25, 0.3) is 5.91 Å². The molecule has 5 heterocycles. The lowest BCUT2D eigenvalue weighted by Crippen LogP contribution is -2.50. The van der Waals surface area contributed by atoms with Gasteiger partial charge in [-0.25, -0.2) is 0 Å². The first kappa shape index (κ1) is 40.1. The van der Waals surface area contributed by atoms with Crippen LogP contribution in [0.15, 0.2) is 84.9 Å². The van der Waals surface area contributed by atoms with Crippen LogP contribution in [0.1, 0.15) is 54.8 Å². The summed E-state index contributed by atoms with van der Waals surface area (Å²) in [5, 5.41) is 29.1.